The quantitative estimate of drug-likeness (QED) is 0.787. The van der Waals surface area contributed by atoms with E-state index in [2.05, 4.69) is 42.7 Å². The van der Waals surface area contributed by atoms with Gasteiger partial charge < -0.3 is 15.4 Å². The lowest BCUT2D eigenvalue weighted by molar-refractivity contribution is 0.242. The zero-order chi connectivity index (χ0) is 16.8. The van der Waals surface area contributed by atoms with Crippen molar-refractivity contribution in [1.82, 2.24) is 5.32 Å². The Morgan fingerprint density at radius 2 is 1.78 bits per heavy atom. The van der Waals surface area contributed by atoms with Gasteiger partial charge in [0.25, 0.3) is 0 Å². The summed E-state index contributed by atoms with van der Waals surface area (Å²) in [5.74, 6) is 0.889. The second kappa shape index (κ2) is 7.97. The van der Waals surface area contributed by atoms with Gasteiger partial charge in [-0.3, -0.25) is 0 Å². The highest BCUT2D eigenvalue weighted by Crippen LogP contribution is 2.16. The van der Waals surface area contributed by atoms with E-state index >= 15 is 0 Å². The van der Waals surface area contributed by atoms with E-state index in [4.69, 9.17) is 17.0 Å². The number of hydrogen-bond acceptors (Lipinski definition) is 2. The van der Waals surface area contributed by atoms with Crippen LogP contribution in [-0.2, 0) is 6.54 Å². The Kier molecular flexibility index (Phi) is 5.99. The van der Waals surface area contributed by atoms with Crippen molar-refractivity contribution < 1.29 is 4.74 Å². The fraction of sp³-hybridized carbons (Fsp3) is 0.316. The Labute approximate surface area is 144 Å². The van der Waals surface area contributed by atoms with Crippen molar-refractivity contribution in [2.75, 3.05) is 5.32 Å². The van der Waals surface area contributed by atoms with Gasteiger partial charge >= 0.3 is 0 Å². The highest BCUT2D eigenvalue weighted by atomic mass is 32.1. The molecule has 0 saturated heterocycles. The minimum Gasteiger partial charge on any atom is -0.491 e. The first kappa shape index (κ1) is 17.3. The molecule has 3 nitrogen and oxygen atoms in total. The fourth-order valence-electron chi connectivity index (χ4n) is 2.18. The third-order valence-corrected chi connectivity index (χ3v) is 3.64. The normalized spacial score (nSPS) is 10.5. The van der Waals surface area contributed by atoms with Gasteiger partial charge in [0.2, 0.25) is 0 Å². The molecule has 0 bridgehead atoms. The lowest BCUT2D eigenvalue weighted by Crippen LogP contribution is -2.28. The van der Waals surface area contributed by atoms with E-state index in [1.165, 1.54) is 11.1 Å². The lowest BCUT2D eigenvalue weighted by Gasteiger charge is -2.14. The summed E-state index contributed by atoms with van der Waals surface area (Å²) >= 11 is 5.37. The minimum atomic E-state index is 0.188. The molecule has 2 aromatic rings. The summed E-state index contributed by atoms with van der Waals surface area (Å²) in [5, 5.41) is 7.11. The van der Waals surface area contributed by atoms with E-state index in [1.54, 1.807) is 0 Å². The summed E-state index contributed by atoms with van der Waals surface area (Å²) < 4.78 is 5.64. The second-order valence-electron chi connectivity index (χ2n) is 5.94. The average molecular weight is 328 g/mol. The van der Waals surface area contributed by atoms with E-state index in [0.717, 1.165) is 17.0 Å². The Bertz CT molecular complexity index is 666. The third kappa shape index (κ3) is 5.57. The lowest BCUT2D eigenvalue weighted by atomic mass is 10.1. The number of hydrogen-bond donors (Lipinski definition) is 2. The average Bonchev–Trinajstić information content (AvgIpc) is 2.50. The van der Waals surface area contributed by atoms with Crippen LogP contribution in [0.5, 0.6) is 5.75 Å². The van der Waals surface area contributed by atoms with Crippen LogP contribution in [0.25, 0.3) is 0 Å². The molecule has 0 spiro atoms. The first-order valence-corrected chi connectivity index (χ1v) is 8.22. The van der Waals surface area contributed by atoms with Crippen LogP contribution in [0.3, 0.4) is 0 Å². The SMILES string of the molecule is Cc1ccc(C)c(NC(=S)NCc2ccc(OC(C)C)cc2)c1. The van der Waals surface area contributed by atoms with E-state index < -0.39 is 0 Å². The van der Waals surface area contributed by atoms with Crippen LogP contribution in [0.2, 0.25) is 0 Å². The topological polar surface area (TPSA) is 33.3 Å². The van der Waals surface area contributed by atoms with Gasteiger partial charge in [0.15, 0.2) is 5.11 Å². The summed E-state index contributed by atoms with van der Waals surface area (Å²) in [5.41, 5.74) is 4.59. The van der Waals surface area contributed by atoms with Crippen LogP contribution in [0.1, 0.15) is 30.5 Å². The molecule has 122 valence electrons. The molecule has 23 heavy (non-hydrogen) atoms. The van der Waals surface area contributed by atoms with Gasteiger partial charge in [0.1, 0.15) is 5.75 Å². The van der Waals surface area contributed by atoms with Crippen molar-refractivity contribution in [3.8, 4) is 5.75 Å². The van der Waals surface area contributed by atoms with Crippen molar-refractivity contribution in [3.05, 3.63) is 59.2 Å². The summed E-state index contributed by atoms with van der Waals surface area (Å²) in [6.07, 6.45) is 0.188. The summed E-state index contributed by atoms with van der Waals surface area (Å²) in [6, 6.07) is 14.3. The monoisotopic (exact) mass is 328 g/mol. The van der Waals surface area contributed by atoms with Crippen molar-refractivity contribution >= 4 is 23.0 Å². The van der Waals surface area contributed by atoms with Crippen LogP contribution in [0.4, 0.5) is 5.69 Å². The maximum absolute atomic E-state index is 5.64. The highest BCUT2D eigenvalue weighted by molar-refractivity contribution is 7.80. The standard InChI is InChI=1S/C19H24N2OS/c1-13(2)22-17-9-7-16(8-10-17)12-20-19(23)21-18-11-14(3)5-6-15(18)4/h5-11,13H,12H2,1-4H3,(H2,20,21,23). The molecule has 0 aromatic heterocycles. The predicted octanol–water partition coefficient (Wildman–Crippen LogP) is 4.58. The predicted molar refractivity (Wildman–Crippen MR) is 101 cm³/mol. The van der Waals surface area contributed by atoms with Crippen LogP contribution in [0.15, 0.2) is 42.5 Å². The molecule has 0 radical (unpaired) electrons. The van der Waals surface area contributed by atoms with Gasteiger partial charge in [0, 0.05) is 12.2 Å². The van der Waals surface area contributed by atoms with Gasteiger partial charge in [0.05, 0.1) is 6.10 Å². The Morgan fingerprint density at radius 3 is 2.43 bits per heavy atom. The van der Waals surface area contributed by atoms with Crippen LogP contribution in [0, 0.1) is 13.8 Å². The van der Waals surface area contributed by atoms with Gasteiger partial charge in [-0.2, -0.15) is 0 Å². The van der Waals surface area contributed by atoms with E-state index in [1.807, 2.05) is 38.1 Å². The number of nitrogens with one attached hydrogen (secondary N) is 2. The summed E-state index contributed by atoms with van der Waals surface area (Å²) in [7, 11) is 0. The van der Waals surface area contributed by atoms with Crippen LogP contribution >= 0.6 is 12.2 Å². The molecule has 0 saturated carbocycles. The minimum absolute atomic E-state index is 0.188. The van der Waals surface area contributed by atoms with Crippen molar-refractivity contribution in [1.29, 1.82) is 0 Å². The molecule has 0 atom stereocenters. The molecule has 0 aliphatic heterocycles. The Hall–Kier alpha value is -2.07. The van der Waals surface area contributed by atoms with E-state index in [-0.39, 0.29) is 6.10 Å². The largest absolute Gasteiger partial charge is 0.491 e. The smallest absolute Gasteiger partial charge is 0.171 e. The maximum atomic E-state index is 5.64. The maximum Gasteiger partial charge on any atom is 0.171 e. The molecular weight excluding hydrogens is 304 g/mol. The van der Waals surface area contributed by atoms with Gasteiger partial charge in [-0.1, -0.05) is 24.3 Å². The molecule has 2 rings (SSSR count). The molecule has 0 fully saturated rings. The Morgan fingerprint density at radius 1 is 1.09 bits per heavy atom. The molecule has 0 aliphatic rings. The van der Waals surface area contributed by atoms with Crippen molar-refractivity contribution in [2.24, 2.45) is 0 Å². The number of aryl methyl sites for hydroxylation is 2. The fourth-order valence-corrected chi connectivity index (χ4v) is 2.36. The molecule has 0 amide bonds. The van der Waals surface area contributed by atoms with E-state index in [9.17, 15) is 0 Å². The Balaban J connectivity index is 1.88. The molecule has 2 aromatic carbocycles. The third-order valence-electron chi connectivity index (χ3n) is 3.39. The molecule has 4 heteroatoms. The number of thiocarbonyl (C=S) groups is 1. The van der Waals surface area contributed by atoms with Gasteiger partial charge in [-0.25, -0.2) is 0 Å². The molecule has 0 unspecified atom stereocenters. The zero-order valence-electron chi connectivity index (χ0n) is 14.1. The molecule has 0 aliphatic carbocycles. The van der Waals surface area contributed by atoms with Crippen molar-refractivity contribution in [2.45, 2.75) is 40.3 Å². The van der Waals surface area contributed by atoms with Crippen LogP contribution in [-0.4, -0.2) is 11.2 Å². The summed E-state index contributed by atoms with van der Waals surface area (Å²) in [4.78, 5) is 0. The molecule has 2 N–H and O–H groups in total. The highest BCUT2D eigenvalue weighted by Gasteiger charge is 2.03. The number of anilines is 1. The molecular formula is C19H24N2OS. The summed E-state index contributed by atoms with van der Waals surface area (Å²) in [6.45, 7) is 8.86. The second-order valence-corrected chi connectivity index (χ2v) is 6.34. The first-order valence-electron chi connectivity index (χ1n) is 7.82. The molecule has 0 heterocycles. The number of rotatable bonds is 5. The first-order chi connectivity index (χ1) is 10.9. The van der Waals surface area contributed by atoms with Crippen LogP contribution < -0.4 is 15.4 Å². The van der Waals surface area contributed by atoms with Gasteiger partial charge in [-0.05, 0) is 74.8 Å². The number of ether oxygens (including phenoxy) is 1. The van der Waals surface area contributed by atoms with Gasteiger partial charge in [-0.15, -0.1) is 0 Å². The number of benzene rings is 2. The zero-order valence-corrected chi connectivity index (χ0v) is 15.0. The van der Waals surface area contributed by atoms with E-state index in [0.29, 0.717) is 11.7 Å². The van der Waals surface area contributed by atoms with Crippen molar-refractivity contribution in [3.63, 3.8) is 0 Å².